The van der Waals surface area contributed by atoms with E-state index in [1.54, 1.807) is 24.1 Å². The van der Waals surface area contributed by atoms with Gasteiger partial charge < -0.3 is 4.74 Å². The second kappa shape index (κ2) is 8.18. The summed E-state index contributed by atoms with van der Waals surface area (Å²) in [5.74, 6) is 0.494. The highest BCUT2D eigenvalue weighted by Gasteiger charge is 2.43. The van der Waals surface area contributed by atoms with Gasteiger partial charge in [-0.1, -0.05) is 15.9 Å². The van der Waals surface area contributed by atoms with Gasteiger partial charge in [-0.25, -0.2) is 0 Å². The molecule has 33 heavy (non-hydrogen) atoms. The van der Waals surface area contributed by atoms with E-state index in [1.165, 1.54) is 12.1 Å². The first-order valence-electron chi connectivity index (χ1n) is 10.0. The number of rotatable bonds is 5. The molecule has 0 radical (unpaired) electrons. The SMILES string of the molecule is COc1ccc(-c2n[nH]c3c2[C@@H](c2ccc([N+](=O)[O-])cc2)N(c2ccc(Br)cc2)C3=O)cc1. The second-order valence-electron chi connectivity index (χ2n) is 7.49. The molecule has 1 atom stereocenters. The lowest BCUT2D eigenvalue weighted by Gasteiger charge is -2.26. The van der Waals surface area contributed by atoms with Crippen molar-refractivity contribution in [2.75, 3.05) is 12.0 Å². The number of carbonyl (C=O) groups excluding carboxylic acids is 1. The van der Waals surface area contributed by atoms with Crippen molar-refractivity contribution in [2.24, 2.45) is 0 Å². The predicted octanol–water partition coefficient (Wildman–Crippen LogP) is 5.51. The lowest BCUT2D eigenvalue weighted by molar-refractivity contribution is -0.384. The Kier molecular flexibility index (Phi) is 5.18. The maximum atomic E-state index is 13.5. The smallest absolute Gasteiger partial charge is 0.277 e. The summed E-state index contributed by atoms with van der Waals surface area (Å²) in [7, 11) is 1.60. The maximum Gasteiger partial charge on any atom is 0.277 e. The van der Waals surface area contributed by atoms with Crippen LogP contribution >= 0.6 is 15.9 Å². The van der Waals surface area contributed by atoms with Crippen LogP contribution in [0.1, 0.15) is 27.7 Å². The molecular formula is C24H17BrN4O4. The fourth-order valence-electron chi connectivity index (χ4n) is 4.08. The van der Waals surface area contributed by atoms with Crippen molar-refractivity contribution in [2.45, 2.75) is 6.04 Å². The molecule has 0 unspecified atom stereocenters. The number of fused-ring (bicyclic) bond motifs is 1. The Hall–Kier alpha value is -3.98. The number of hydrogen-bond donors (Lipinski definition) is 1. The Labute approximate surface area is 197 Å². The van der Waals surface area contributed by atoms with Gasteiger partial charge in [-0.2, -0.15) is 5.10 Å². The molecule has 4 aromatic rings. The van der Waals surface area contributed by atoms with E-state index in [9.17, 15) is 14.9 Å². The zero-order chi connectivity index (χ0) is 23.1. The van der Waals surface area contributed by atoms with Crippen molar-refractivity contribution >= 4 is 33.2 Å². The minimum Gasteiger partial charge on any atom is -0.497 e. The van der Waals surface area contributed by atoms with Crippen LogP contribution in [-0.4, -0.2) is 28.1 Å². The molecule has 3 aromatic carbocycles. The standard InChI is InChI=1S/C24H17BrN4O4/c1-33-19-12-4-14(5-13-19)21-20-22(27-26-21)24(30)28(17-10-6-16(25)7-11-17)23(20)15-2-8-18(9-3-15)29(31)32/h2-13,23H,1H3,(H,26,27)/t23-/m1/s1. The van der Waals surface area contributed by atoms with Crippen molar-refractivity contribution in [1.82, 2.24) is 10.2 Å². The number of nitrogens with zero attached hydrogens (tertiary/aromatic N) is 3. The quantitative estimate of drug-likeness (QED) is 0.285. The van der Waals surface area contributed by atoms with Crippen LogP contribution in [0.25, 0.3) is 11.3 Å². The van der Waals surface area contributed by atoms with Crippen molar-refractivity contribution in [3.8, 4) is 17.0 Å². The van der Waals surface area contributed by atoms with Crippen molar-refractivity contribution in [1.29, 1.82) is 0 Å². The second-order valence-corrected chi connectivity index (χ2v) is 8.41. The number of nitro groups is 1. The summed E-state index contributed by atoms with van der Waals surface area (Å²) in [5, 5.41) is 18.5. The minimum atomic E-state index is -0.509. The highest BCUT2D eigenvalue weighted by Crippen LogP contribution is 2.45. The highest BCUT2D eigenvalue weighted by molar-refractivity contribution is 9.10. The lowest BCUT2D eigenvalue weighted by atomic mass is 9.95. The number of carbonyl (C=O) groups is 1. The van der Waals surface area contributed by atoms with Crippen molar-refractivity contribution < 1.29 is 14.5 Å². The number of nitrogens with one attached hydrogen (secondary N) is 1. The van der Waals surface area contributed by atoms with Gasteiger partial charge in [-0.15, -0.1) is 0 Å². The number of aromatic amines is 1. The third-order valence-electron chi connectivity index (χ3n) is 5.66. The molecule has 164 valence electrons. The zero-order valence-corrected chi connectivity index (χ0v) is 18.9. The summed E-state index contributed by atoms with van der Waals surface area (Å²) >= 11 is 3.43. The average Bonchev–Trinajstić information content (AvgIpc) is 3.39. The van der Waals surface area contributed by atoms with E-state index in [0.29, 0.717) is 22.8 Å². The molecule has 2 heterocycles. The van der Waals surface area contributed by atoms with E-state index in [-0.39, 0.29) is 11.6 Å². The molecule has 0 fully saturated rings. The van der Waals surface area contributed by atoms with E-state index in [2.05, 4.69) is 26.1 Å². The highest BCUT2D eigenvalue weighted by atomic mass is 79.9. The van der Waals surface area contributed by atoms with E-state index >= 15 is 0 Å². The fourth-order valence-corrected chi connectivity index (χ4v) is 4.34. The monoisotopic (exact) mass is 504 g/mol. The van der Waals surface area contributed by atoms with Crippen LogP contribution in [0.3, 0.4) is 0 Å². The van der Waals surface area contributed by atoms with Gasteiger partial charge in [0.05, 0.1) is 23.8 Å². The van der Waals surface area contributed by atoms with E-state index in [4.69, 9.17) is 4.74 Å². The first-order chi connectivity index (χ1) is 16.0. The van der Waals surface area contributed by atoms with Crippen LogP contribution in [0.5, 0.6) is 5.75 Å². The van der Waals surface area contributed by atoms with Gasteiger partial charge in [0.2, 0.25) is 0 Å². The van der Waals surface area contributed by atoms with E-state index < -0.39 is 11.0 Å². The molecule has 0 aliphatic carbocycles. The number of nitro benzene ring substituents is 1. The normalized spacial score (nSPS) is 14.9. The average molecular weight is 505 g/mol. The Morgan fingerprint density at radius 3 is 2.30 bits per heavy atom. The number of methoxy groups -OCH3 is 1. The lowest BCUT2D eigenvalue weighted by Crippen LogP contribution is -2.29. The Bertz CT molecular complexity index is 1350. The largest absolute Gasteiger partial charge is 0.497 e. The van der Waals surface area contributed by atoms with Crippen molar-refractivity contribution in [3.63, 3.8) is 0 Å². The predicted molar refractivity (Wildman–Crippen MR) is 126 cm³/mol. The van der Waals surface area contributed by atoms with Crippen LogP contribution in [0, 0.1) is 10.1 Å². The number of non-ortho nitro benzene ring substituents is 1. The van der Waals surface area contributed by atoms with Crippen LogP contribution in [0.2, 0.25) is 0 Å². The molecule has 1 aromatic heterocycles. The van der Waals surface area contributed by atoms with Gasteiger partial charge in [0, 0.05) is 33.4 Å². The molecule has 1 N–H and O–H groups in total. The number of benzene rings is 3. The number of hydrogen-bond acceptors (Lipinski definition) is 5. The summed E-state index contributed by atoms with van der Waals surface area (Å²) in [4.78, 5) is 25.9. The first-order valence-corrected chi connectivity index (χ1v) is 10.8. The number of anilines is 1. The van der Waals surface area contributed by atoms with Crippen LogP contribution in [0.15, 0.2) is 77.3 Å². The molecule has 0 bridgehead atoms. The molecular weight excluding hydrogens is 488 g/mol. The number of ether oxygens (including phenoxy) is 1. The maximum absolute atomic E-state index is 13.5. The number of aromatic nitrogens is 2. The van der Waals surface area contributed by atoms with Crippen LogP contribution in [-0.2, 0) is 0 Å². The molecule has 0 spiro atoms. The molecule has 1 amide bonds. The van der Waals surface area contributed by atoms with Gasteiger partial charge in [0.15, 0.2) is 0 Å². The summed E-state index contributed by atoms with van der Waals surface area (Å²) < 4.78 is 6.14. The van der Waals surface area contributed by atoms with Gasteiger partial charge >= 0.3 is 0 Å². The Balaban J connectivity index is 1.68. The van der Waals surface area contributed by atoms with Gasteiger partial charge in [-0.05, 0) is 66.2 Å². The summed E-state index contributed by atoms with van der Waals surface area (Å²) in [6.07, 6.45) is 0. The van der Waals surface area contributed by atoms with E-state index in [1.807, 2.05) is 48.5 Å². The minimum absolute atomic E-state index is 0.0129. The third-order valence-corrected chi connectivity index (χ3v) is 6.18. The van der Waals surface area contributed by atoms with Crippen LogP contribution < -0.4 is 9.64 Å². The Morgan fingerprint density at radius 1 is 1.03 bits per heavy atom. The van der Waals surface area contributed by atoms with E-state index in [0.717, 1.165) is 21.2 Å². The fraction of sp³-hybridized carbons (Fsp3) is 0.0833. The molecule has 1 aliphatic rings. The first kappa shape index (κ1) is 20.9. The Morgan fingerprint density at radius 2 is 1.70 bits per heavy atom. The van der Waals surface area contributed by atoms with Gasteiger partial charge in [0.25, 0.3) is 11.6 Å². The number of halogens is 1. The zero-order valence-electron chi connectivity index (χ0n) is 17.4. The van der Waals surface area contributed by atoms with Gasteiger partial charge in [-0.3, -0.25) is 24.9 Å². The summed E-state index contributed by atoms with van der Waals surface area (Å²) in [6, 6.07) is 20.6. The number of amides is 1. The van der Waals surface area contributed by atoms with Gasteiger partial charge in [0.1, 0.15) is 11.4 Å². The topological polar surface area (TPSA) is 101 Å². The molecule has 0 saturated carbocycles. The molecule has 5 rings (SSSR count). The molecule has 8 nitrogen and oxygen atoms in total. The summed E-state index contributed by atoms with van der Waals surface area (Å²) in [5.41, 5.74) is 4.02. The summed E-state index contributed by atoms with van der Waals surface area (Å²) in [6.45, 7) is 0. The number of H-pyrrole nitrogens is 1. The molecule has 0 saturated heterocycles. The van der Waals surface area contributed by atoms with Crippen molar-refractivity contribution in [3.05, 3.63) is 104 Å². The molecule has 9 heteroatoms. The third kappa shape index (κ3) is 3.56. The van der Waals surface area contributed by atoms with Crippen LogP contribution in [0.4, 0.5) is 11.4 Å². The molecule has 1 aliphatic heterocycles.